The van der Waals surface area contributed by atoms with Crippen molar-refractivity contribution >= 4 is 33.1 Å². The molecule has 1 aromatic heterocycles. The van der Waals surface area contributed by atoms with Gasteiger partial charge in [0, 0.05) is 4.88 Å². The maximum Gasteiger partial charge on any atom is 0.310 e. The number of sulfone groups is 1. The number of carbonyl (C=O) groups is 2. The van der Waals surface area contributed by atoms with Crippen molar-refractivity contribution in [1.82, 2.24) is 5.32 Å². The molecule has 1 fully saturated rings. The molecule has 0 aliphatic carbocycles. The molecule has 1 N–H and O–H groups in total. The van der Waals surface area contributed by atoms with Gasteiger partial charge in [-0.3, -0.25) is 9.59 Å². The minimum Gasteiger partial charge on any atom is -0.455 e. The molecule has 0 saturated carbocycles. The van der Waals surface area contributed by atoms with E-state index in [1.165, 1.54) is 23.5 Å². The monoisotopic (exact) mass is 411 g/mol. The summed E-state index contributed by atoms with van der Waals surface area (Å²) < 4.78 is 41.0. The van der Waals surface area contributed by atoms with Crippen molar-refractivity contribution in [3.8, 4) is 0 Å². The Morgan fingerprint density at radius 3 is 2.59 bits per heavy atom. The minimum absolute atomic E-state index is 0.0377. The Balaban J connectivity index is 1.61. The van der Waals surface area contributed by atoms with Crippen LogP contribution in [-0.4, -0.2) is 38.4 Å². The van der Waals surface area contributed by atoms with Crippen LogP contribution in [0.4, 0.5) is 4.39 Å². The first-order valence-electron chi connectivity index (χ1n) is 8.29. The zero-order valence-corrected chi connectivity index (χ0v) is 15.9. The van der Waals surface area contributed by atoms with E-state index in [1.807, 2.05) is 17.5 Å². The van der Waals surface area contributed by atoms with Crippen LogP contribution in [0.2, 0.25) is 0 Å². The Bertz CT molecular complexity index is 910. The molecule has 2 atom stereocenters. The first-order valence-corrected chi connectivity index (χ1v) is 11.0. The topological polar surface area (TPSA) is 89.5 Å². The average molecular weight is 411 g/mol. The lowest BCUT2D eigenvalue weighted by molar-refractivity contribution is -0.152. The molecule has 2 heterocycles. The Labute approximate surface area is 160 Å². The van der Waals surface area contributed by atoms with E-state index in [2.05, 4.69) is 5.32 Å². The molecule has 2 unspecified atom stereocenters. The van der Waals surface area contributed by atoms with Gasteiger partial charge < -0.3 is 10.1 Å². The molecule has 27 heavy (non-hydrogen) atoms. The van der Waals surface area contributed by atoms with Gasteiger partial charge in [-0.2, -0.15) is 0 Å². The maximum atomic E-state index is 13.2. The van der Waals surface area contributed by atoms with Crippen molar-refractivity contribution in [3.63, 3.8) is 0 Å². The summed E-state index contributed by atoms with van der Waals surface area (Å²) in [5.74, 6) is -2.57. The zero-order valence-electron chi connectivity index (χ0n) is 14.3. The predicted molar refractivity (Wildman–Crippen MR) is 98.4 cm³/mol. The molecular weight excluding hydrogens is 393 g/mol. The Morgan fingerprint density at radius 2 is 2.00 bits per heavy atom. The lowest BCUT2D eigenvalue weighted by Gasteiger charge is -2.18. The number of hydrogen-bond donors (Lipinski definition) is 1. The first-order chi connectivity index (χ1) is 12.8. The quantitative estimate of drug-likeness (QED) is 0.735. The van der Waals surface area contributed by atoms with E-state index in [9.17, 15) is 22.4 Å². The van der Waals surface area contributed by atoms with Crippen LogP contribution in [0.15, 0.2) is 41.8 Å². The van der Waals surface area contributed by atoms with Crippen LogP contribution < -0.4 is 5.32 Å². The smallest absolute Gasteiger partial charge is 0.310 e. The number of benzene rings is 1. The average Bonchev–Trinajstić information content (AvgIpc) is 3.28. The van der Waals surface area contributed by atoms with Crippen molar-refractivity contribution in [1.29, 1.82) is 0 Å². The highest BCUT2D eigenvalue weighted by molar-refractivity contribution is 7.91. The molecular formula is C18H18FNO5S2. The van der Waals surface area contributed by atoms with E-state index >= 15 is 0 Å². The van der Waals surface area contributed by atoms with Gasteiger partial charge in [-0.05, 0) is 35.6 Å². The van der Waals surface area contributed by atoms with E-state index in [-0.39, 0.29) is 23.7 Å². The molecule has 9 heteroatoms. The molecule has 1 aromatic carbocycles. The number of nitrogens with one attached hydrogen (secondary N) is 1. The predicted octanol–water partition coefficient (Wildman–Crippen LogP) is 2.07. The summed E-state index contributed by atoms with van der Waals surface area (Å²) in [6.07, 6.45) is 0.218. The second kappa shape index (κ2) is 8.18. The van der Waals surface area contributed by atoms with Crippen LogP contribution in [0.25, 0.3) is 0 Å². The molecule has 6 nitrogen and oxygen atoms in total. The number of carbonyl (C=O) groups excluding carboxylic acids is 2. The van der Waals surface area contributed by atoms with Crippen LogP contribution in [0.5, 0.6) is 0 Å². The molecule has 0 bridgehead atoms. The third kappa shape index (κ3) is 5.14. The van der Waals surface area contributed by atoms with Gasteiger partial charge in [0.25, 0.3) is 5.91 Å². The Morgan fingerprint density at radius 1 is 1.26 bits per heavy atom. The number of esters is 1. The van der Waals surface area contributed by atoms with E-state index in [0.29, 0.717) is 5.56 Å². The third-order valence-electron chi connectivity index (χ3n) is 4.25. The standard InChI is InChI=1S/C18H18FNO5S2/c19-14-5-3-12(4-6-14)17(15-2-1-8-26-15)20-16(21)10-25-18(22)13-7-9-27(23,24)11-13/h1-6,8,13,17H,7,9-11H2,(H,20,21). The molecule has 2 aromatic rings. The maximum absolute atomic E-state index is 13.2. The summed E-state index contributed by atoms with van der Waals surface area (Å²) in [4.78, 5) is 25.1. The van der Waals surface area contributed by atoms with Gasteiger partial charge in [0.2, 0.25) is 0 Å². The molecule has 1 amide bonds. The van der Waals surface area contributed by atoms with Crippen molar-refractivity contribution < 1.29 is 27.1 Å². The number of thiophene rings is 1. The van der Waals surface area contributed by atoms with Crippen LogP contribution in [0.1, 0.15) is 22.9 Å². The second-order valence-electron chi connectivity index (χ2n) is 6.28. The Hall–Kier alpha value is -2.26. The SMILES string of the molecule is O=C(COC(=O)C1CCS(=O)(=O)C1)NC(c1ccc(F)cc1)c1cccs1. The number of amides is 1. The number of halogens is 1. The van der Waals surface area contributed by atoms with Crippen molar-refractivity contribution in [3.05, 3.63) is 58.0 Å². The molecule has 0 spiro atoms. The van der Waals surface area contributed by atoms with E-state index in [0.717, 1.165) is 4.88 Å². The summed E-state index contributed by atoms with van der Waals surface area (Å²) in [5.41, 5.74) is 0.695. The summed E-state index contributed by atoms with van der Waals surface area (Å²) >= 11 is 1.43. The lowest BCUT2D eigenvalue weighted by atomic mass is 10.1. The lowest BCUT2D eigenvalue weighted by Crippen LogP contribution is -2.33. The van der Waals surface area contributed by atoms with E-state index < -0.39 is 40.3 Å². The number of rotatable bonds is 6. The van der Waals surface area contributed by atoms with Crippen molar-refractivity contribution in [2.45, 2.75) is 12.5 Å². The van der Waals surface area contributed by atoms with Crippen LogP contribution in [0.3, 0.4) is 0 Å². The zero-order chi connectivity index (χ0) is 19.4. The van der Waals surface area contributed by atoms with E-state index in [4.69, 9.17) is 4.74 Å². The molecule has 144 valence electrons. The summed E-state index contributed by atoms with van der Waals surface area (Å²) in [7, 11) is -3.20. The van der Waals surface area contributed by atoms with Gasteiger partial charge in [0.1, 0.15) is 5.82 Å². The minimum atomic E-state index is -3.20. The summed E-state index contributed by atoms with van der Waals surface area (Å²) in [6, 6.07) is 8.96. The van der Waals surface area contributed by atoms with Gasteiger partial charge in [-0.25, -0.2) is 12.8 Å². The third-order valence-corrected chi connectivity index (χ3v) is 6.95. The fourth-order valence-corrected chi connectivity index (χ4v) is 5.40. The second-order valence-corrected chi connectivity index (χ2v) is 9.48. The van der Waals surface area contributed by atoms with Gasteiger partial charge in [-0.1, -0.05) is 18.2 Å². The summed E-state index contributed by atoms with van der Waals surface area (Å²) in [5, 5.41) is 4.63. The van der Waals surface area contributed by atoms with Crippen LogP contribution >= 0.6 is 11.3 Å². The van der Waals surface area contributed by atoms with Crippen molar-refractivity contribution in [2.75, 3.05) is 18.1 Å². The first kappa shape index (κ1) is 19.5. The van der Waals surface area contributed by atoms with Crippen LogP contribution in [-0.2, 0) is 24.2 Å². The van der Waals surface area contributed by atoms with Crippen molar-refractivity contribution in [2.24, 2.45) is 5.92 Å². The highest BCUT2D eigenvalue weighted by atomic mass is 32.2. The highest BCUT2D eigenvalue weighted by Gasteiger charge is 2.34. The molecule has 1 aliphatic heterocycles. The summed E-state index contributed by atoms with van der Waals surface area (Å²) in [6.45, 7) is -0.502. The number of hydrogen-bond acceptors (Lipinski definition) is 6. The van der Waals surface area contributed by atoms with E-state index in [1.54, 1.807) is 12.1 Å². The van der Waals surface area contributed by atoms with Gasteiger partial charge >= 0.3 is 5.97 Å². The Kier molecular flexibility index (Phi) is 5.91. The molecule has 1 aliphatic rings. The van der Waals surface area contributed by atoms with Gasteiger partial charge in [0.15, 0.2) is 16.4 Å². The normalized spacial score (nSPS) is 19.4. The molecule has 3 rings (SSSR count). The largest absolute Gasteiger partial charge is 0.455 e. The highest BCUT2D eigenvalue weighted by Crippen LogP contribution is 2.26. The molecule has 0 radical (unpaired) electrons. The van der Waals surface area contributed by atoms with Gasteiger partial charge in [0.05, 0.1) is 23.5 Å². The fourth-order valence-electron chi connectivity index (χ4n) is 2.87. The molecule has 1 saturated heterocycles. The van der Waals surface area contributed by atoms with Gasteiger partial charge in [-0.15, -0.1) is 11.3 Å². The number of ether oxygens (including phenoxy) is 1. The van der Waals surface area contributed by atoms with Crippen LogP contribution in [0, 0.1) is 11.7 Å². The fraction of sp³-hybridized carbons (Fsp3) is 0.333.